The Morgan fingerprint density at radius 1 is 1.18 bits per heavy atom. The van der Waals surface area contributed by atoms with Crippen LogP contribution in [0.2, 0.25) is 0 Å². The molecule has 1 atom stereocenters. The van der Waals surface area contributed by atoms with E-state index in [9.17, 15) is 4.79 Å². The van der Waals surface area contributed by atoms with Gasteiger partial charge in [-0.05, 0) is 43.9 Å². The molecule has 0 aromatic heterocycles. The van der Waals surface area contributed by atoms with Gasteiger partial charge in [0.25, 0.3) is 0 Å². The van der Waals surface area contributed by atoms with Crippen molar-refractivity contribution in [1.29, 1.82) is 0 Å². The summed E-state index contributed by atoms with van der Waals surface area (Å²) in [7, 11) is 1.84. The van der Waals surface area contributed by atoms with Crippen LogP contribution in [0.3, 0.4) is 0 Å². The summed E-state index contributed by atoms with van der Waals surface area (Å²) in [6, 6.07) is 0.838. The minimum Gasteiger partial charge on any atom is -0.384 e. The molecule has 124 valence electrons. The quantitative estimate of drug-likeness (QED) is 0.798. The van der Waals surface area contributed by atoms with E-state index in [4.69, 9.17) is 4.74 Å². The predicted octanol–water partition coefficient (Wildman–Crippen LogP) is 2.14. The Labute approximate surface area is 134 Å². The summed E-state index contributed by atoms with van der Waals surface area (Å²) in [5, 5.41) is 0. The van der Waals surface area contributed by atoms with E-state index >= 15 is 0 Å². The van der Waals surface area contributed by atoms with Crippen molar-refractivity contribution in [2.45, 2.75) is 51.0 Å². The van der Waals surface area contributed by atoms with Gasteiger partial charge in [0.15, 0.2) is 0 Å². The van der Waals surface area contributed by atoms with Crippen molar-refractivity contribution in [3.63, 3.8) is 0 Å². The number of carbonyl (C=O) groups is 1. The van der Waals surface area contributed by atoms with E-state index in [1.165, 1.54) is 45.2 Å². The molecular weight excluding hydrogens is 276 g/mol. The number of hydrogen-bond acceptors (Lipinski definition) is 3. The van der Waals surface area contributed by atoms with Gasteiger partial charge in [0.05, 0.1) is 6.61 Å². The Morgan fingerprint density at radius 2 is 1.91 bits per heavy atom. The maximum absolute atomic E-state index is 12.3. The summed E-state index contributed by atoms with van der Waals surface area (Å²) in [5.41, 5.74) is 0.409. The zero-order valence-corrected chi connectivity index (χ0v) is 13.9. The van der Waals surface area contributed by atoms with Crippen molar-refractivity contribution in [1.82, 2.24) is 9.80 Å². The fourth-order valence-electron chi connectivity index (χ4n) is 4.86. The Hall–Kier alpha value is -0.610. The zero-order chi connectivity index (χ0) is 15.2. The normalized spacial score (nSPS) is 32.4. The number of likely N-dealkylation sites (tertiary alicyclic amines) is 2. The van der Waals surface area contributed by atoms with Crippen LogP contribution in [0.25, 0.3) is 0 Å². The lowest BCUT2D eigenvalue weighted by molar-refractivity contribution is -0.135. The fraction of sp³-hybridized carbons (Fsp3) is 0.944. The lowest BCUT2D eigenvalue weighted by atomic mass is 9.71. The van der Waals surface area contributed by atoms with E-state index < -0.39 is 0 Å². The first-order chi connectivity index (χ1) is 10.7. The maximum Gasteiger partial charge on any atom is 0.225 e. The molecule has 0 N–H and O–H groups in total. The van der Waals surface area contributed by atoms with E-state index in [1.54, 1.807) is 0 Å². The number of methoxy groups -OCH3 is 1. The zero-order valence-electron chi connectivity index (χ0n) is 13.9. The van der Waals surface area contributed by atoms with Gasteiger partial charge in [-0.2, -0.15) is 0 Å². The molecule has 4 rings (SSSR count). The smallest absolute Gasteiger partial charge is 0.225 e. The van der Waals surface area contributed by atoms with E-state index in [-0.39, 0.29) is 0 Å². The molecule has 0 radical (unpaired) electrons. The van der Waals surface area contributed by atoms with Crippen LogP contribution in [0.4, 0.5) is 0 Å². The Balaban J connectivity index is 1.41. The topological polar surface area (TPSA) is 32.8 Å². The van der Waals surface area contributed by atoms with Gasteiger partial charge in [-0.15, -0.1) is 0 Å². The van der Waals surface area contributed by atoms with Crippen molar-refractivity contribution >= 4 is 5.91 Å². The summed E-state index contributed by atoms with van der Waals surface area (Å²) < 4.78 is 5.55. The summed E-state index contributed by atoms with van der Waals surface area (Å²) >= 11 is 0. The highest BCUT2D eigenvalue weighted by Crippen LogP contribution is 2.47. The number of hydrogen-bond donors (Lipinski definition) is 0. The average Bonchev–Trinajstić information content (AvgIpc) is 3.25. The van der Waals surface area contributed by atoms with E-state index in [2.05, 4.69) is 9.80 Å². The van der Waals surface area contributed by atoms with Crippen molar-refractivity contribution in [2.75, 3.05) is 39.9 Å². The van der Waals surface area contributed by atoms with Gasteiger partial charge in [-0.3, -0.25) is 9.69 Å². The maximum atomic E-state index is 12.3. The number of carbonyl (C=O) groups excluding carboxylic acids is 1. The van der Waals surface area contributed by atoms with Crippen molar-refractivity contribution < 1.29 is 9.53 Å². The van der Waals surface area contributed by atoms with Crippen LogP contribution in [0.5, 0.6) is 0 Å². The number of piperidine rings is 1. The van der Waals surface area contributed by atoms with Gasteiger partial charge in [-0.25, -0.2) is 0 Å². The van der Waals surface area contributed by atoms with Gasteiger partial charge in [0.1, 0.15) is 0 Å². The van der Waals surface area contributed by atoms with Crippen LogP contribution < -0.4 is 0 Å². The molecular formula is C18H30N2O2. The van der Waals surface area contributed by atoms with Crippen LogP contribution in [0.1, 0.15) is 44.9 Å². The lowest BCUT2D eigenvalue weighted by Crippen LogP contribution is -2.48. The molecule has 22 heavy (non-hydrogen) atoms. The summed E-state index contributed by atoms with van der Waals surface area (Å²) in [5.74, 6) is 1.47. The minimum atomic E-state index is 0.374. The van der Waals surface area contributed by atoms with Crippen molar-refractivity contribution in [3.05, 3.63) is 0 Å². The van der Waals surface area contributed by atoms with Crippen LogP contribution in [-0.2, 0) is 9.53 Å². The molecule has 4 fully saturated rings. The third-order valence-corrected chi connectivity index (χ3v) is 6.80. The highest BCUT2D eigenvalue weighted by Gasteiger charge is 2.50. The second-order valence-electron chi connectivity index (χ2n) is 8.13. The lowest BCUT2D eigenvalue weighted by Gasteiger charge is -2.43. The minimum absolute atomic E-state index is 0.374. The van der Waals surface area contributed by atoms with Gasteiger partial charge < -0.3 is 9.64 Å². The number of ether oxygens (including phenoxy) is 1. The number of rotatable bonds is 4. The summed E-state index contributed by atoms with van der Waals surface area (Å²) in [4.78, 5) is 17.2. The standard InChI is InChI=1S/C18H30N2O2/c1-22-12-15-11-20(16-3-2-4-16)13-18(15)7-9-19(10-8-18)17(21)14-5-6-14/h14-16H,2-13H2,1H3. The average molecular weight is 306 g/mol. The number of amides is 1. The van der Waals surface area contributed by atoms with E-state index in [1.807, 2.05) is 7.11 Å². The SMILES string of the molecule is COCC1CN(C2CCC2)CC12CCN(C(=O)C1CC1)CC2. The molecule has 2 aliphatic carbocycles. The Kier molecular flexibility index (Phi) is 3.93. The summed E-state index contributed by atoms with van der Waals surface area (Å²) in [6.45, 7) is 5.31. The second-order valence-corrected chi connectivity index (χ2v) is 8.13. The van der Waals surface area contributed by atoms with E-state index in [0.29, 0.717) is 23.2 Å². The number of nitrogens with zero attached hydrogens (tertiary/aromatic N) is 2. The largest absolute Gasteiger partial charge is 0.384 e. The monoisotopic (exact) mass is 306 g/mol. The highest BCUT2D eigenvalue weighted by atomic mass is 16.5. The fourth-order valence-corrected chi connectivity index (χ4v) is 4.86. The molecule has 2 heterocycles. The third-order valence-electron chi connectivity index (χ3n) is 6.80. The molecule has 4 nitrogen and oxygen atoms in total. The molecule has 2 saturated heterocycles. The van der Waals surface area contributed by atoms with Crippen LogP contribution in [0, 0.1) is 17.3 Å². The summed E-state index contributed by atoms with van der Waals surface area (Å²) in [6.07, 6.45) is 8.81. The molecule has 0 aromatic rings. The van der Waals surface area contributed by atoms with Gasteiger partial charge >= 0.3 is 0 Å². The van der Waals surface area contributed by atoms with Gasteiger partial charge in [0.2, 0.25) is 5.91 Å². The predicted molar refractivity (Wildman–Crippen MR) is 85.5 cm³/mol. The van der Waals surface area contributed by atoms with E-state index in [0.717, 1.165) is 38.6 Å². The molecule has 0 bridgehead atoms. The molecule has 1 amide bonds. The van der Waals surface area contributed by atoms with Gasteiger partial charge in [-0.1, -0.05) is 6.42 Å². The molecule has 2 aliphatic heterocycles. The molecule has 2 saturated carbocycles. The molecule has 1 spiro atoms. The molecule has 4 aliphatic rings. The van der Waals surface area contributed by atoms with Crippen LogP contribution in [0.15, 0.2) is 0 Å². The molecule has 1 unspecified atom stereocenters. The third kappa shape index (κ3) is 2.58. The Morgan fingerprint density at radius 3 is 2.45 bits per heavy atom. The van der Waals surface area contributed by atoms with Crippen LogP contribution in [-0.4, -0.2) is 61.6 Å². The first-order valence-electron chi connectivity index (χ1n) is 9.24. The second kappa shape index (κ2) is 5.79. The molecule has 4 heteroatoms. The Bertz CT molecular complexity index is 423. The van der Waals surface area contributed by atoms with Crippen LogP contribution >= 0.6 is 0 Å². The van der Waals surface area contributed by atoms with Gasteiger partial charge in [0, 0.05) is 51.2 Å². The van der Waals surface area contributed by atoms with Crippen molar-refractivity contribution in [3.8, 4) is 0 Å². The first kappa shape index (κ1) is 14.9. The first-order valence-corrected chi connectivity index (χ1v) is 9.24. The molecule has 0 aromatic carbocycles. The highest BCUT2D eigenvalue weighted by molar-refractivity contribution is 5.81. The van der Waals surface area contributed by atoms with Crippen molar-refractivity contribution in [2.24, 2.45) is 17.3 Å².